The molecule has 0 aromatic heterocycles. The van der Waals surface area contributed by atoms with E-state index in [2.05, 4.69) is 38.2 Å². The Hall–Kier alpha value is -2.37. The van der Waals surface area contributed by atoms with Crippen molar-refractivity contribution in [2.24, 2.45) is 23.2 Å². The van der Waals surface area contributed by atoms with Gasteiger partial charge in [-0.25, -0.2) is 0 Å². The zero-order valence-corrected chi connectivity index (χ0v) is 21.7. The summed E-state index contributed by atoms with van der Waals surface area (Å²) in [5.41, 5.74) is 1.07. The van der Waals surface area contributed by atoms with Gasteiger partial charge in [-0.1, -0.05) is 44.2 Å². The van der Waals surface area contributed by atoms with Crippen LogP contribution < -0.4 is 5.32 Å². The smallest absolute Gasteiger partial charge is 0.404 e. The van der Waals surface area contributed by atoms with E-state index in [9.17, 15) is 9.59 Å². The predicted molar refractivity (Wildman–Crippen MR) is 136 cm³/mol. The molecule has 0 spiro atoms. The van der Waals surface area contributed by atoms with Crippen LogP contribution in [0.3, 0.4) is 0 Å². The van der Waals surface area contributed by atoms with Gasteiger partial charge in [0.15, 0.2) is 0 Å². The second kappa shape index (κ2) is 9.83. The van der Waals surface area contributed by atoms with E-state index in [0.29, 0.717) is 37.8 Å². The molecule has 2 amide bonds. The van der Waals surface area contributed by atoms with Crippen LogP contribution in [-0.4, -0.2) is 54.6 Å². The van der Waals surface area contributed by atoms with E-state index >= 15 is 0 Å². The molecule has 6 atom stereocenters. The maximum atomic E-state index is 13.3. The SMILES string of the molecule is CC1(C)[C@@H]2C[C@H]3OB([C@H](Cc4ccccc4)NC(=O)C[C@H]4CCCN(C(=O)CC#N)C4)O[C@@]3(C)[C@H]1C2. The van der Waals surface area contributed by atoms with Gasteiger partial charge in [-0.05, 0) is 67.8 Å². The van der Waals surface area contributed by atoms with E-state index in [1.807, 2.05) is 24.3 Å². The minimum Gasteiger partial charge on any atom is -0.404 e. The van der Waals surface area contributed by atoms with Crippen molar-refractivity contribution in [1.29, 1.82) is 5.26 Å². The van der Waals surface area contributed by atoms with Crippen LogP contribution in [0.1, 0.15) is 64.9 Å². The van der Waals surface area contributed by atoms with Gasteiger partial charge < -0.3 is 19.5 Å². The van der Waals surface area contributed by atoms with Crippen molar-refractivity contribution in [3.8, 4) is 6.07 Å². The highest BCUT2D eigenvalue weighted by Gasteiger charge is 2.68. The first-order chi connectivity index (χ1) is 17.2. The molecule has 3 saturated carbocycles. The third-order valence-corrected chi connectivity index (χ3v) is 9.52. The molecule has 5 aliphatic rings. The highest BCUT2D eigenvalue weighted by atomic mass is 16.7. The summed E-state index contributed by atoms with van der Waals surface area (Å²) < 4.78 is 13.3. The van der Waals surface area contributed by atoms with Crippen LogP contribution in [0.15, 0.2) is 30.3 Å². The summed E-state index contributed by atoms with van der Waals surface area (Å²) in [6.45, 7) is 8.10. The fourth-order valence-corrected chi connectivity index (χ4v) is 7.32. The lowest BCUT2D eigenvalue weighted by molar-refractivity contribution is -0.199. The molecule has 8 heteroatoms. The molecule has 2 aliphatic heterocycles. The summed E-state index contributed by atoms with van der Waals surface area (Å²) in [6.07, 6.45) is 4.91. The second-order valence-corrected chi connectivity index (χ2v) is 12.1. The van der Waals surface area contributed by atoms with Crippen molar-refractivity contribution in [3.05, 3.63) is 35.9 Å². The Balaban J connectivity index is 1.26. The maximum absolute atomic E-state index is 13.3. The number of amides is 2. The van der Waals surface area contributed by atoms with Crippen LogP contribution in [0, 0.1) is 34.5 Å². The molecule has 7 nitrogen and oxygen atoms in total. The molecule has 0 radical (unpaired) electrons. The summed E-state index contributed by atoms with van der Waals surface area (Å²) in [7, 11) is -0.487. The molecule has 192 valence electrons. The lowest BCUT2D eigenvalue weighted by atomic mass is 9.43. The molecular formula is C28H38BN3O4. The largest absolute Gasteiger partial charge is 0.482 e. The quantitative estimate of drug-likeness (QED) is 0.590. The summed E-state index contributed by atoms with van der Waals surface area (Å²) >= 11 is 0. The number of nitrogens with one attached hydrogen (secondary N) is 1. The predicted octanol–water partition coefficient (Wildman–Crippen LogP) is 3.52. The Morgan fingerprint density at radius 3 is 2.75 bits per heavy atom. The van der Waals surface area contributed by atoms with E-state index in [-0.39, 0.29) is 47.2 Å². The molecule has 2 heterocycles. The summed E-state index contributed by atoms with van der Waals surface area (Å²) in [4.78, 5) is 27.2. The monoisotopic (exact) mass is 491 g/mol. The van der Waals surface area contributed by atoms with E-state index in [4.69, 9.17) is 14.6 Å². The lowest BCUT2D eigenvalue weighted by Crippen LogP contribution is -2.65. The van der Waals surface area contributed by atoms with Gasteiger partial charge in [0.05, 0.1) is 23.7 Å². The number of nitrogens with zero attached hydrogens (tertiary/aromatic N) is 2. The van der Waals surface area contributed by atoms with Gasteiger partial charge in [0, 0.05) is 19.5 Å². The van der Waals surface area contributed by atoms with Gasteiger partial charge in [0.1, 0.15) is 6.42 Å². The number of benzene rings is 1. The fourth-order valence-electron chi connectivity index (χ4n) is 7.32. The van der Waals surface area contributed by atoms with Gasteiger partial charge in [0.2, 0.25) is 11.8 Å². The van der Waals surface area contributed by atoms with Crippen molar-refractivity contribution >= 4 is 18.9 Å². The molecule has 1 aromatic rings. The van der Waals surface area contributed by atoms with Crippen molar-refractivity contribution in [3.63, 3.8) is 0 Å². The number of nitriles is 1. The first-order valence-electron chi connectivity index (χ1n) is 13.5. The van der Waals surface area contributed by atoms with Gasteiger partial charge in [-0.2, -0.15) is 5.26 Å². The van der Waals surface area contributed by atoms with Crippen molar-refractivity contribution < 1.29 is 18.9 Å². The second-order valence-electron chi connectivity index (χ2n) is 12.1. The Morgan fingerprint density at radius 2 is 2.03 bits per heavy atom. The third-order valence-electron chi connectivity index (χ3n) is 9.52. The molecule has 0 unspecified atom stereocenters. The zero-order chi connectivity index (χ0) is 25.5. The number of hydrogen-bond acceptors (Lipinski definition) is 5. The molecule has 2 bridgehead atoms. The Labute approximate surface area is 215 Å². The van der Waals surface area contributed by atoms with Crippen LogP contribution in [0.25, 0.3) is 0 Å². The number of rotatable bonds is 7. The fraction of sp³-hybridized carbons (Fsp3) is 0.679. The summed E-state index contributed by atoms with van der Waals surface area (Å²) in [5.74, 6) is 0.760. The lowest BCUT2D eigenvalue weighted by Gasteiger charge is -2.64. The van der Waals surface area contributed by atoms with Gasteiger partial charge in [-0.15, -0.1) is 0 Å². The van der Waals surface area contributed by atoms with Gasteiger partial charge >= 0.3 is 7.12 Å². The zero-order valence-electron chi connectivity index (χ0n) is 21.7. The number of likely N-dealkylation sites (tertiary alicyclic amines) is 1. The molecule has 3 aliphatic carbocycles. The molecular weight excluding hydrogens is 453 g/mol. The van der Waals surface area contributed by atoms with Crippen molar-refractivity contribution in [2.75, 3.05) is 13.1 Å². The topological polar surface area (TPSA) is 91.7 Å². The van der Waals surface area contributed by atoms with E-state index in [0.717, 1.165) is 24.8 Å². The number of piperidine rings is 1. The van der Waals surface area contributed by atoms with Crippen LogP contribution in [-0.2, 0) is 25.3 Å². The average Bonchev–Trinajstić information content (AvgIpc) is 3.21. The Kier molecular flexibility index (Phi) is 6.91. The van der Waals surface area contributed by atoms with Crippen molar-refractivity contribution in [1.82, 2.24) is 10.2 Å². The average molecular weight is 491 g/mol. The number of carbonyl (C=O) groups is 2. The molecule has 1 N–H and O–H groups in total. The van der Waals surface area contributed by atoms with Gasteiger partial charge in [0.25, 0.3) is 0 Å². The summed E-state index contributed by atoms with van der Waals surface area (Å²) in [6, 6.07) is 12.1. The highest BCUT2D eigenvalue weighted by molar-refractivity contribution is 6.48. The van der Waals surface area contributed by atoms with Crippen LogP contribution in [0.4, 0.5) is 0 Å². The molecule has 36 heavy (non-hydrogen) atoms. The molecule has 6 rings (SSSR count). The van der Waals surface area contributed by atoms with E-state index in [1.165, 1.54) is 6.42 Å². The van der Waals surface area contributed by atoms with Crippen molar-refractivity contribution in [2.45, 2.75) is 83.4 Å². The number of carbonyl (C=O) groups excluding carboxylic acids is 2. The highest BCUT2D eigenvalue weighted by Crippen LogP contribution is 2.65. The minimum atomic E-state index is -0.487. The first-order valence-corrected chi connectivity index (χ1v) is 13.5. The van der Waals surface area contributed by atoms with E-state index in [1.54, 1.807) is 4.90 Å². The van der Waals surface area contributed by atoms with Gasteiger partial charge in [-0.3, -0.25) is 9.59 Å². The summed E-state index contributed by atoms with van der Waals surface area (Å²) in [5, 5.41) is 12.1. The normalized spacial score (nSPS) is 33.2. The molecule has 5 fully saturated rings. The van der Waals surface area contributed by atoms with Crippen LogP contribution >= 0.6 is 0 Å². The first kappa shape index (κ1) is 25.3. The Morgan fingerprint density at radius 1 is 1.25 bits per heavy atom. The molecule has 1 aromatic carbocycles. The van der Waals surface area contributed by atoms with E-state index < -0.39 is 7.12 Å². The maximum Gasteiger partial charge on any atom is 0.482 e. The molecule has 2 saturated heterocycles. The van der Waals surface area contributed by atoms with Crippen LogP contribution in [0.2, 0.25) is 0 Å². The Bertz CT molecular complexity index is 1030. The number of hydrogen-bond donors (Lipinski definition) is 1. The standard InChI is InChI=1S/C28H38BN3O4/c1-27(2)21-16-22(27)28(3)23(17-21)35-29(36-28)24(14-19-8-5-4-6-9-19)31-25(33)15-20-10-7-13-32(18-20)26(34)11-12-30/h4-6,8-9,20-24H,7,10-11,13-18H2,1-3H3,(H,31,33)/t20-,21+,22+,23-,24+,28+/m1/s1. The van der Waals surface area contributed by atoms with Crippen LogP contribution in [0.5, 0.6) is 0 Å². The third kappa shape index (κ3) is 4.68. The minimum absolute atomic E-state index is 0.0348.